The second kappa shape index (κ2) is 6.12. The summed E-state index contributed by atoms with van der Waals surface area (Å²) in [5.41, 5.74) is 3.52. The first-order chi connectivity index (χ1) is 9.92. The van der Waals surface area contributed by atoms with E-state index in [0.717, 1.165) is 18.8 Å². The van der Waals surface area contributed by atoms with Crippen molar-refractivity contribution >= 4 is 0 Å². The Kier molecular flexibility index (Phi) is 3.85. The van der Waals surface area contributed by atoms with E-state index in [0.29, 0.717) is 0 Å². The third kappa shape index (κ3) is 3.10. The predicted octanol–water partition coefficient (Wildman–Crippen LogP) is 2.56. The molecule has 0 fully saturated rings. The molecular weight excluding hydrogens is 248 g/mol. The van der Waals surface area contributed by atoms with Gasteiger partial charge >= 0.3 is 0 Å². The monoisotopic (exact) mass is 264 g/mol. The number of pyridine rings is 1. The summed E-state index contributed by atoms with van der Waals surface area (Å²) in [5.74, 6) is 0. The number of hydrogen-bond acceptors (Lipinski definition) is 3. The molecule has 4 nitrogen and oxygen atoms in total. The Morgan fingerprint density at radius 2 is 1.75 bits per heavy atom. The van der Waals surface area contributed by atoms with Gasteiger partial charge in [0.25, 0.3) is 0 Å². The summed E-state index contributed by atoms with van der Waals surface area (Å²) < 4.78 is 1.85. The molecular formula is C16H16N4. The van der Waals surface area contributed by atoms with E-state index >= 15 is 0 Å². The average Bonchev–Trinajstić information content (AvgIpc) is 3.03. The van der Waals surface area contributed by atoms with Gasteiger partial charge in [0.05, 0.1) is 5.69 Å². The summed E-state index contributed by atoms with van der Waals surface area (Å²) in [6.07, 6.45) is 7.39. The zero-order chi connectivity index (χ0) is 13.6. The zero-order valence-corrected chi connectivity index (χ0v) is 11.1. The fraction of sp³-hybridized carbons (Fsp3) is 0.125. The molecule has 2 aromatic heterocycles. The summed E-state index contributed by atoms with van der Waals surface area (Å²) in [6.45, 7) is 1.67. The summed E-state index contributed by atoms with van der Waals surface area (Å²) in [4.78, 5) is 4.10. The SMILES string of the molecule is c1cncc(CNCc2ccc(-n3cccn3)cc2)c1. The van der Waals surface area contributed by atoms with Gasteiger partial charge in [-0.3, -0.25) is 4.98 Å². The highest BCUT2D eigenvalue weighted by molar-refractivity contribution is 5.33. The van der Waals surface area contributed by atoms with Crippen LogP contribution in [0.4, 0.5) is 0 Å². The van der Waals surface area contributed by atoms with Crippen molar-refractivity contribution in [3.8, 4) is 5.69 Å². The molecule has 0 amide bonds. The molecule has 4 heteroatoms. The molecule has 100 valence electrons. The Morgan fingerprint density at radius 1 is 0.900 bits per heavy atom. The van der Waals surface area contributed by atoms with Crippen molar-refractivity contribution in [1.29, 1.82) is 0 Å². The van der Waals surface area contributed by atoms with Crippen LogP contribution >= 0.6 is 0 Å². The summed E-state index contributed by atoms with van der Waals surface area (Å²) >= 11 is 0. The van der Waals surface area contributed by atoms with Gasteiger partial charge in [-0.25, -0.2) is 4.68 Å². The molecule has 0 saturated heterocycles. The number of rotatable bonds is 5. The van der Waals surface area contributed by atoms with E-state index in [1.165, 1.54) is 11.1 Å². The summed E-state index contributed by atoms with van der Waals surface area (Å²) in [7, 11) is 0. The fourth-order valence-corrected chi connectivity index (χ4v) is 2.04. The molecule has 3 aromatic rings. The van der Waals surface area contributed by atoms with Crippen LogP contribution in [0, 0.1) is 0 Å². The molecule has 0 bridgehead atoms. The second-order valence-corrected chi connectivity index (χ2v) is 4.58. The van der Waals surface area contributed by atoms with Crippen molar-refractivity contribution in [3.63, 3.8) is 0 Å². The highest BCUT2D eigenvalue weighted by Crippen LogP contribution is 2.08. The molecule has 0 atom stereocenters. The Labute approximate surface area is 118 Å². The quantitative estimate of drug-likeness (QED) is 0.770. The lowest BCUT2D eigenvalue weighted by molar-refractivity contribution is 0.691. The van der Waals surface area contributed by atoms with E-state index in [1.807, 2.05) is 29.2 Å². The van der Waals surface area contributed by atoms with Gasteiger partial charge in [-0.2, -0.15) is 5.10 Å². The molecule has 0 aliphatic rings. The van der Waals surface area contributed by atoms with Gasteiger partial charge in [-0.15, -0.1) is 0 Å². The van der Waals surface area contributed by atoms with E-state index in [-0.39, 0.29) is 0 Å². The molecule has 0 unspecified atom stereocenters. The minimum Gasteiger partial charge on any atom is -0.309 e. The van der Waals surface area contributed by atoms with Crippen LogP contribution in [0.2, 0.25) is 0 Å². The van der Waals surface area contributed by atoms with Crippen molar-refractivity contribution < 1.29 is 0 Å². The van der Waals surface area contributed by atoms with Crippen LogP contribution in [-0.2, 0) is 13.1 Å². The van der Waals surface area contributed by atoms with Crippen molar-refractivity contribution in [2.75, 3.05) is 0 Å². The minimum atomic E-state index is 0.828. The first kappa shape index (κ1) is 12.6. The highest BCUT2D eigenvalue weighted by Gasteiger charge is 1.97. The van der Waals surface area contributed by atoms with Crippen molar-refractivity contribution in [3.05, 3.63) is 78.4 Å². The van der Waals surface area contributed by atoms with Gasteiger partial charge in [0.1, 0.15) is 0 Å². The maximum absolute atomic E-state index is 4.21. The molecule has 3 rings (SSSR count). The molecule has 20 heavy (non-hydrogen) atoms. The standard InChI is InChI=1S/C16H16N4/c1-3-15(12-17-8-1)13-18-11-14-4-6-16(7-5-14)20-10-2-9-19-20/h1-10,12,18H,11,13H2. The van der Waals surface area contributed by atoms with Crippen LogP contribution in [0.5, 0.6) is 0 Å². The molecule has 0 radical (unpaired) electrons. The minimum absolute atomic E-state index is 0.828. The molecule has 1 N–H and O–H groups in total. The number of nitrogens with zero attached hydrogens (tertiary/aromatic N) is 3. The van der Waals surface area contributed by atoms with Gasteiger partial charge in [0.15, 0.2) is 0 Å². The first-order valence-corrected chi connectivity index (χ1v) is 6.60. The van der Waals surface area contributed by atoms with Crippen LogP contribution in [0.1, 0.15) is 11.1 Å². The van der Waals surface area contributed by atoms with Crippen LogP contribution in [0.25, 0.3) is 5.69 Å². The molecule has 0 spiro atoms. The Hall–Kier alpha value is -2.46. The number of nitrogens with one attached hydrogen (secondary N) is 1. The average molecular weight is 264 g/mol. The number of aromatic nitrogens is 3. The summed E-state index contributed by atoms with van der Waals surface area (Å²) in [6, 6.07) is 14.3. The van der Waals surface area contributed by atoms with E-state index in [2.05, 4.69) is 45.7 Å². The maximum atomic E-state index is 4.21. The van der Waals surface area contributed by atoms with Crippen LogP contribution in [0.3, 0.4) is 0 Å². The second-order valence-electron chi connectivity index (χ2n) is 4.58. The Balaban J connectivity index is 1.56. The molecule has 0 aliphatic heterocycles. The van der Waals surface area contributed by atoms with Gasteiger partial charge in [-0.05, 0) is 35.4 Å². The molecule has 1 aromatic carbocycles. The van der Waals surface area contributed by atoms with Crippen molar-refractivity contribution in [2.24, 2.45) is 0 Å². The predicted molar refractivity (Wildman–Crippen MR) is 78.3 cm³/mol. The van der Waals surface area contributed by atoms with Crippen molar-refractivity contribution in [1.82, 2.24) is 20.1 Å². The lowest BCUT2D eigenvalue weighted by atomic mass is 10.2. The Morgan fingerprint density at radius 3 is 2.45 bits per heavy atom. The van der Waals surface area contributed by atoms with Crippen LogP contribution < -0.4 is 5.32 Å². The Bertz CT molecular complexity index is 630. The first-order valence-electron chi connectivity index (χ1n) is 6.60. The van der Waals surface area contributed by atoms with Crippen molar-refractivity contribution in [2.45, 2.75) is 13.1 Å². The third-order valence-electron chi connectivity index (χ3n) is 3.09. The third-order valence-corrected chi connectivity index (χ3v) is 3.09. The number of hydrogen-bond donors (Lipinski definition) is 1. The van der Waals surface area contributed by atoms with Gasteiger partial charge in [0, 0.05) is 37.9 Å². The smallest absolute Gasteiger partial charge is 0.0645 e. The topological polar surface area (TPSA) is 42.7 Å². The summed E-state index contributed by atoms with van der Waals surface area (Å²) in [5, 5.41) is 7.62. The lowest BCUT2D eigenvalue weighted by Crippen LogP contribution is -2.12. The normalized spacial score (nSPS) is 10.6. The molecule has 0 aliphatic carbocycles. The highest BCUT2D eigenvalue weighted by atomic mass is 15.3. The van der Waals surface area contributed by atoms with E-state index in [4.69, 9.17) is 0 Å². The largest absolute Gasteiger partial charge is 0.309 e. The molecule has 2 heterocycles. The molecule has 0 saturated carbocycles. The maximum Gasteiger partial charge on any atom is 0.0645 e. The van der Waals surface area contributed by atoms with E-state index < -0.39 is 0 Å². The van der Waals surface area contributed by atoms with Gasteiger partial charge in [0.2, 0.25) is 0 Å². The van der Waals surface area contributed by atoms with Gasteiger partial charge < -0.3 is 5.32 Å². The fourth-order valence-electron chi connectivity index (χ4n) is 2.04. The zero-order valence-electron chi connectivity index (χ0n) is 11.1. The van der Waals surface area contributed by atoms with E-state index in [1.54, 1.807) is 12.4 Å². The van der Waals surface area contributed by atoms with Crippen LogP contribution in [0.15, 0.2) is 67.3 Å². The van der Waals surface area contributed by atoms with Gasteiger partial charge in [-0.1, -0.05) is 18.2 Å². The van der Waals surface area contributed by atoms with E-state index in [9.17, 15) is 0 Å². The van der Waals surface area contributed by atoms with Crippen LogP contribution in [-0.4, -0.2) is 14.8 Å². The number of benzene rings is 1. The lowest BCUT2D eigenvalue weighted by Gasteiger charge is -2.06.